The van der Waals surface area contributed by atoms with E-state index in [1.807, 2.05) is 7.05 Å². The molecule has 0 saturated heterocycles. The SMILES string of the molecule is CNCC1CCCn2nc(C3CC3)nc21. The molecule has 0 spiro atoms. The maximum Gasteiger partial charge on any atom is 0.154 e. The highest BCUT2D eigenvalue weighted by atomic mass is 15.4. The smallest absolute Gasteiger partial charge is 0.154 e. The van der Waals surface area contributed by atoms with Crippen molar-refractivity contribution in [3.63, 3.8) is 0 Å². The van der Waals surface area contributed by atoms with E-state index in [0.29, 0.717) is 11.8 Å². The van der Waals surface area contributed by atoms with E-state index in [-0.39, 0.29) is 0 Å². The average molecular weight is 206 g/mol. The number of nitrogens with one attached hydrogen (secondary N) is 1. The van der Waals surface area contributed by atoms with Gasteiger partial charge in [-0.1, -0.05) is 0 Å². The molecular formula is C11H18N4. The lowest BCUT2D eigenvalue weighted by Crippen LogP contribution is -2.25. The van der Waals surface area contributed by atoms with Gasteiger partial charge in [0.15, 0.2) is 5.82 Å². The van der Waals surface area contributed by atoms with Crippen LogP contribution in [0.15, 0.2) is 0 Å². The van der Waals surface area contributed by atoms with Crippen LogP contribution in [0.2, 0.25) is 0 Å². The molecular weight excluding hydrogens is 188 g/mol. The highest BCUT2D eigenvalue weighted by Crippen LogP contribution is 2.39. The van der Waals surface area contributed by atoms with E-state index in [4.69, 9.17) is 4.98 Å². The van der Waals surface area contributed by atoms with Crippen LogP contribution in [0.5, 0.6) is 0 Å². The average Bonchev–Trinajstić information content (AvgIpc) is 2.99. The molecule has 1 aromatic heterocycles. The minimum Gasteiger partial charge on any atom is -0.319 e. The third-order valence-corrected chi connectivity index (χ3v) is 3.40. The van der Waals surface area contributed by atoms with E-state index in [0.717, 1.165) is 18.9 Å². The largest absolute Gasteiger partial charge is 0.319 e. The van der Waals surface area contributed by atoms with Crippen molar-refractivity contribution in [1.29, 1.82) is 0 Å². The number of hydrogen-bond donors (Lipinski definition) is 1. The third kappa shape index (κ3) is 1.67. The van der Waals surface area contributed by atoms with Gasteiger partial charge < -0.3 is 5.32 Å². The Labute approximate surface area is 90.1 Å². The van der Waals surface area contributed by atoms with Gasteiger partial charge in [-0.15, -0.1) is 0 Å². The summed E-state index contributed by atoms with van der Waals surface area (Å²) >= 11 is 0. The molecule has 1 aromatic rings. The second-order valence-electron chi connectivity index (χ2n) is 4.72. The minimum absolute atomic E-state index is 0.573. The molecule has 1 atom stereocenters. The number of aromatic nitrogens is 3. The van der Waals surface area contributed by atoms with Gasteiger partial charge in [-0.2, -0.15) is 5.10 Å². The Bertz CT molecular complexity index is 353. The Kier molecular flexibility index (Phi) is 2.24. The van der Waals surface area contributed by atoms with Gasteiger partial charge in [0.2, 0.25) is 0 Å². The summed E-state index contributed by atoms with van der Waals surface area (Å²) in [6, 6.07) is 0. The number of aryl methyl sites for hydroxylation is 1. The van der Waals surface area contributed by atoms with Gasteiger partial charge >= 0.3 is 0 Å². The Morgan fingerprint density at radius 3 is 3.00 bits per heavy atom. The lowest BCUT2D eigenvalue weighted by Gasteiger charge is -2.21. The van der Waals surface area contributed by atoms with E-state index in [1.54, 1.807) is 0 Å². The van der Waals surface area contributed by atoms with Crippen molar-refractivity contribution in [2.45, 2.75) is 44.1 Å². The summed E-state index contributed by atoms with van der Waals surface area (Å²) < 4.78 is 2.14. The number of rotatable bonds is 3. The van der Waals surface area contributed by atoms with Gasteiger partial charge in [0, 0.05) is 24.9 Å². The molecule has 1 aliphatic heterocycles. The third-order valence-electron chi connectivity index (χ3n) is 3.40. The molecule has 4 heteroatoms. The molecule has 1 unspecified atom stereocenters. The molecule has 1 saturated carbocycles. The summed E-state index contributed by atoms with van der Waals surface area (Å²) in [6.45, 7) is 2.10. The number of likely N-dealkylation sites (N-methyl/N-ethyl adjacent to an activating group) is 1. The normalized spacial score (nSPS) is 25.3. The van der Waals surface area contributed by atoms with Crippen LogP contribution in [0.3, 0.4) is 0 Å². The summed E-state index contributed by atoms with van der Waals surface area (Å²) in [4.78, 5) is 4.72. The topological polar surface area (TPSA) is 42.7 Å². The van der Waals surface area contributed by atoms with Crippen molar-refractivity contribution >= 4 is 0 Å². The van der Waals surface area contributed by atoms with Gasteiger partial charge in [0.05, 0.1) is 0 Å². The molecule has 0 bridgehead atoms. The van der Waals surface area contributed by atoms with Crippen molar-refractivity contribution in [3.8, 4) is 0 Å². The Morgan fingerprint density at radius 1 is 1.40 bits per heavy atom. The summed E-state index contributed by atoms with van der Waals surface area (Å²) in [5.41, 5.74) is 0. The summed E-state index contributed by atoms with van der Waals surface area (Å²) in [7, 11) is 2.01. The van der Waals surface area contributed by atoms with Crippen molar-refractivity contribution in [2.24, 2.45) is 0 Å². The molecule has 2 aliphatic rings. The fourth-order valence-corrected chi connectivity index (χ4v) is 2.41. The first-order chi connectivity index (χ1) is 7.38. The first-order valence-corrected chi connectivity index (χ1v) is 5.97. The fraction of sp³-hybridized carbons (Fsp3) is 0.818. The molecule has 0 aromatic carbocycles. The van der Waals surface area contributed by atoms with Crippen LogP contribution in [0.1, 0.15) is 49.2 Å². The van der Waals surface area contributed by atoms with E-state index in [1.165, 1.54) is 31.5 Å². The summed E-state index contributed by atoms with van der Waals surface area (Å²) in [5.74, 6) is 3.58. The van der Waals surface area contributed by atoms with E-state index in [9.17, 15) is 0 Å². The molecule has 15 heavy (non-hydrogen) atoms. The standard InChI is InChI=1S/C11H18N4/c1-12-7-9-3-2-6-15-11(9)13-10(14-15)8-4-5-8/h8-9,12H,2-7H2,1H3. The van der Waals surface area contributed by atoms with Crippen LogP contribution in [0.25, 0.3) is 0 Å². The quantitative estimate of drug-likeness (QED) is 0.809. The number of hydrogen-bond acceptors (Lipinski definition) is 3. The predicted molar refractivity (Wildman–Crippen MR) is 57.9 cm³/mol. The monoisotopic (exact) mass is 206 g/mol. The highest BCUT2D eigenvalue weighted by molar-refractivity contribution is 5.10. The molecule has 1 fully saturated rings. The second-order valence-corrected chi connectivity index (χ2v) is 4.72. The Morgan fingerprint density at radius 2 is 2.27 bits per heavy atom. The van der Waals surface area contributed by atoms with Crippen molar-refractivity contribution in [1.82, 2.24) is 20.1 Å². The predicted octanol–water partition coefficient (Wildman–Crippen LogP) is 1.25. The molecule has 1 aliphatic carbocycles. The van der Waals surface area contributed by atoms with Gasteiger partial charge in [-0.25, -0.2) is 9.67 Å². The number of nitrogens with zero attached hydrogens (tertiary/aromatic N) is 3. The van der Waals surface area contributed by atoms with Crippen LogP contribution in [-0.2, 0) is 6.54 Å². The molecule has 0 amide bonds. The van der Waals surface area contributed by atoms with Crippen LogP contribution in [0.4, 0.5) is 0 Å². The van der Waals surface area contributed by atoms with Gasteiger partial charge in [-0.05, 0) is 32.7 Å². The number of fused-ring (bicyclic) bond motifs is 1. The molecule has 0 radical (unpaired) electrons. The first kappa shape index (κ1) is 9.33. The molecule has 2 heterocycles. The maximum absolute atomic E-state index is 4.72. The molecule has 3 rings (SSSR count). The lowest BCUT2D eigenvalue weighted by molar-refractivity contribution is 0.407. The second kappa shape index (κ2) is 3.59. The Balaban J connectivity index is 1.88. The Hall–Kier alpha value is -0.900. The summed E-state index contributed by atoms with van der Waals surface area (Å²) in [5, 5.41) is 7.87. The van der Waals surface area contributed by atoms with Crippen molar-refractivity contribution in [2.75, 3.05) is 13.6 Å². The zero-order valence-corrected chi connectivity index (χ0v) is 9.24. The minimum atomic E-state index is 0.573. The fourth-order valence-electron chi connectivity index (χ4n) is 2.41. The first-order valence-electron chi connectivity index (χ1n) is 5.97. The summed E-state index contributed by atoms with van der Waals surface area (Å²) in [6.07, 6.45) is 5.08. The van der Waals surface area contributed by atoms with Crippen molar-refractivity contribution in [3.05, 3.63) is 11.6 Å². The molecule has 4 nitrogen and oxygen atoms in total. The maximum atomic E-state index is 4.72. The lowest BCUT2D eigenvalue weighted by atomic mass is 9.99. The molecule has 82 valence electrons. The zero-order chi connectivity index (χ0) is 10.3. The van der Waals surface area contributed by atoms with Gasteiger partial charge in [0.25, 0.3) is 0 Å². The molecule has 1 N–H and O–H groups in total. The van der Waals surface area contributed by atoms with Crippen LogP contribution in [0, 0.1) is 0 Å². The van der Waals surface area contributed by atoms with Gasteiger partial charge in [-0.3, -0.25) is 0 Å². The zero-order valence-electron chi connectivity index (χ0n) is 9.24. The van der Waals surface area contributed by atoms with E-state index >= 15 is 0 Å². The van der Waals surface area contributed by atoms with Crippen LogP contribution < -0.4 is 5.32 Å². The van der Waals surface area contributed by atoms with Crippen LogP contribution >= 0.6 is 0 Å². The van der Waals surface area contributed by atoms with E-state index in [2.05, 4.69) is 15.1 Å². The van der Waals surface area contributed by atoms with E-state index < -0.39 is 0 Å². The highest BCUT2D eigenvalue weighted by Gasteiger charge is 2.31. The van der Waals surface area contributed by atoms with Gasteiger partial charge in [0.1, 0.15) is 5.82 Å². The van der Waals surface area contributed by atoms with Crippen molar-refractivity contribution < 1.29 is 0 Å². The van der Waals surface area contributed by atoms with Crippen LogP contribution in [-0.4, -0.2) is 28.4 Å².